The van der Waals surface area contributed by atoms with E-state index >= 15 is 0 Å². The highest BCUT2D eigenvalue weighted by Crippen LogP contribution is 2.39. The fraction of sp³-hybridized carbons (Fsp3) is 0.471. The maximum Gasteiger partial charge on any atom is 0.253 e. The van der Waals surface area contributed by atoms with Crippen molar-refractivity contribution in [3.8, 4) is 0 Å². The van der Waals surface area contributed by atoms with Gasteiger partial charge in [0.05, 0.1) is 17.8 Å². The summed E-state index contributed by atoms with van der Waals surface area (Å²) in [5, 5.41) is 5.22. The normalized spacial score (nSPS) is 22.5. The summed E-state index contributed by atoms with van der Waals surface area (Å²) >= 11 is 0. The topological polar surface area (TPSA) is 81.8 Å². The van der Waals surface area contributed by atoms with Crippen LogP contribution in [0.2, 0.25) is 0 Å². The van der Waals surface area contributed by atoms with Crippen LogP contribution in [-0.4, -0.2) is 67.3 Å². The van der Waals surface area contributed by atoms with E-state index in [1.165, 1.54) is 0 Å². The lowest BCUT2D eigenvalue weighted by Gasteiger charge is -2.46. The number of anilines is 1. The van der Waals surface area contributed by atoms with Crippen LogP contribution < -0.4 is 10.6 Å². The summed E-state index contributed by atoms with van der Waals surface area (Å²) in [6.45, 7) is 3.56. The van der Waals surface area contributed by atoms with Crippen LogP contribution in [0.5, 0.6) is 0 Å². The number of likely N-dealkylation sites (tertiary alicyclic amines) is 2. The van der Waals surface area contributed by atoms with Crippen LogP contribution in [0.15, 0.2) is 18.2 Å². The third kappa shape index (κ3) is 2.45. The second kappa shape index (κ2) is 5.31. The molecule has 1 aromatic carbocycles. The summed E-state index contributed by atoms with van der Waals surface area (Å²) in [6, 6.07) is 4.88. The van der Waals surface area contributed by atoms with Crippen LogP contribution in [-0.2, 0) is 4.79 Å². The molecular weight excluding hydrogens is 308 g/mol. The third-order valence-corrected chi connectivity index (χ3v) is 5.13. The van der Waals surface area contributed by atoms with Gasteiger partial charge in [-0.15, -0.1) is 0 Å². The number of hydrogen-bond donors (Lipinski definition) is 2. The van der Waals surface area contributed by atoms with E-state index in [-0.39, 0.29) is 29.7 Å². The number of carbonyl (C=O) groups is 3. The monoisotopic (exact) mass is 328 g/mol. The molecule has 0 bridgehead atoms. The van der Waals surface area contributed by atoms with Crippen LogP contribution in [0.3, 0.4) is 0 Å². The summed E-state index contributed by atoms with van der Waals surface area (Å²) in [5.74, 6) is -0.632. The van der Waals surface area contributed by atoms with E-state index in [2.05, 4.69) is 22.6 Å². The van der Waals surface area contributed by atoms with Crippen LogP contribution in [0, 0.1) is 5.41 Å². The van der Waals surface area contributed by atoms with Gasteiger partial charge in [0.25, 0.3) is 11.8 Å². The molecule has 7 nitrogen and oxygen atoms in total. The third-order valence-electron chi connectivity index (χ3n) is 5.13. The summed E-state index contributed by atoms with van der Waals surface area (Å²) < 4.78 is 0. The number of nitrogens with one attached hydrogen (secondary N) is 2. The quantitative estimate of drug-likeness (QED) is 0.769. The highest BCUT2D eigenvalue weighted by atomic mass is 16.2. The Hall–Kier alpha value is -2.41. The van der Waals surface area contributed by atoms with Crippen molar-refractivity contribution >= 4 is 23.4 Å². The second-order valence-electron chi connectivity index (χ2n) is 7.14. The lowest BCUT2D eigenvalue weighted by molar-refractivity contribution is -0.115. The van der Waals surface area contributed by atoms with E-state index in [1.807, 2.05) is 4.90 Å². The molecule has 4 rings (SSSR count). The van der Waals surface area contributed by atoms with Crippen LogP contribution in [0.25, 0.3) is 0 Å². The largest absolute Gasteiger partial charge is 0.343 e. The highest BCUT2D eigenvalue weighted by Gasteiger charge is 2.47. The minimum absolute atomic E-state index is 0.0388. The molecule has 0 radical (unpaired) electrons. The summed E-state index contributed by atoms with van der Waals surface area (Å²) in [7, 11) is 2.09. The Labute approximate surface area is 140 Å². The van der Waals surface area contributed by atoms with E-state index in [4.69, 9.17) is 0 Å². The number of benzene rings is 1. The highest BCUT2D eigenvalue weighted by molar-refractivity contribution is 6.10. The van der Waals surface area contributed by atoms with Crippen molar-refractivity contribution in [1.29, 1.82) is 0 Å². The molecule has 1 spiro atoms. The standard InChI is InChI=1S/C17H20N4O3/c1-20-8-17(9-20)4-5-21(10-17)16(24)11-2-3-12-13(6-11)19-14(22)7-18-15(12)23/h2-3,6H,4-5,7-10H2,1H3,(H,18,23)(H,19,22). The molecule has 0 aromatic heterocycles. The predicted molar refractivity (Wildman–Crippen MR) is 87.9 cm³/mol. The first-order valence-corrected chi connectivity index (χ1v) is 8.16. The van der Waals surface area contributed by atoms with Crippen LogP contribution in [0.4, 0.5) is 5.69 Å². The summed E-state index contributed by atoms with van der Waals surface area (Å²) in [4.78, 5) is 40.6. The Bertz CT molecular complexity index is 739. The average molecular weight is 328 g/mol. The second-order valence-corrected chi connectivity index (χ2v) is 7.14. The van der Waals surface area contributed by atoms with Gasteiger partial charge in [-0.25, -0.2) is 0 Å². The molecule has 24 heavy (non-hydrogen) atoms. The van der Waals surface area contributed by atoms with Crippen molar-refractivity contribution in [2.45, 2.75) is 6.42 Å². The number of rotatable bonds is 1. The van der Waals surface area contributed by atoms with Gasteiger partial charge in [0.2, 0.25) is 5.91 Å². The molecule has 0 atom stereocenters. The zero-order valence-electron chi connectivity index (χ0n) is 13.6. The fourth-order valence-electron chi connectivity index (χ4n) is 4.08. The molecule has 0 saturated carbocycles. The number of hydrogen-bond acceptors (Lipinski definition) is 4. The fourth-order valence-corrected chi connectivity index (χ4v) is 4.08. The van der Waals surface area contributed by atoms with Gasteiger partial charge in [-0.3, -0.25) is 14.4 Å². The maximum atomic E-state index is 12.8. The first-order valence-electron chi connectivity index (χ1n) is 8.16. The molecule has 0 unspecified atom stereocenters. The van der Waals surface area contributed by atoms with Gasteiger partial charge in [-0.1, -0.05) is 0 Å². The van der Waals surface area contributed by atoms with Gasteiger partial charge in [0.15, 0.2) is 0 Å². The Morgan fingerprint density at radius 3 is 2.75 bits per heavy atom. The maximum absolute atomic E-state index is 12.8. The summed E-state index contributed by atoms with van der Waals surface area (Å²) in [6.07, 6.45) is 1.03. The average Bonchev–Trinajstić information content (AvgIpc) is 2.90. The van der Waals surface area contributed by atoms with Crippen molar-refractivity contribution in [1.82, 2.24) is 15.1 Å². The molecule has 3 amide bonds. The van der Waals surface area contributed by atoms with E-state index in [0.717, 1.165) is 32.6 Å². The molecule has 3 heterocycles. The number of amides is 3. The van der Waals surface area contributed by atoms with Gasteiger partial charge >= 0.3 is 0 Å². The molecule has 2 saturated heterocycles. The molecule has 1 aromatic rings. The zero-order chi connectivity index (χ0) is 16.9. The Morgan fingerprint density at radius 2 is 2.00 bits per heavy atom. The van der Waals surface area contributed by atoms with Gasteiger partial charge in [0.1, 0.15) is 0 Å². The molecule has 7 heteroatoms. The van der Waals surface area contributed by atoms with Gasteiger partial charge in [-0.05, 0) is 31.7 Å². The zero-order valence-corrected chi connectivity index (χ0v) is 13.6. The smallest absolute Gasteiger partial charge is 0.253 e. The molecule has 126 valence electrons. The first-order chi connectivity index (χ1) is 11.5. The number of fused-ring (bicyclic) bond motifs is 1. The minimum Gasteiger partial charge on any atom is -0.343 e. The van der Waals surface area contributed by atoms with E-state index in [0.29, 0.717) is 16.8 Å². The SMILES string of the molecule is CN1CC2(CCN(C(=O)c3ccc4c(c3)NC(=O)CNC4=O)C2)C1. The Morgan fingerprint density at radius 1 is 1.21 bits per heavy atom. The first kappa shape index (κ1) is 15.1. The lowest BCUT2D eigenvalue weighted by Crippen LogP contribution is -2.55. The molecule has 3 aliphatic rings. The minimum atomic E-state index is -0.306. The lowest BCUT2D eigenvalue weighted by atomic mass is 9.79. The van der Waals surface area contributed by atoms with Crippen LogP contribution in [0.1, 0.15) is 27.1 Å². The van der Waals surface area contributed by atoms with Gasteiger partial charge < -0.3 is 20.4 Å². The van der Waals surface area contributed by atoms with Crippen molar-refractivity contribution in [3.63, 3.8) is 0 Å². The Kier molecular flexibility index (Phi) is 3.35. The van der Waals surface area contributed by atoms with Crippen molar-refractivity contribution in [3.05, 3.63) is 29.3 Å². The van der Waals surface area contributed by atoms with Crippen molar-refractivity contribution in [2.75, 3.05) is 45.1 Å². The Balaban J connectivity index is 1.55. The van der Waals surface area contributed by atoms with E-state index in [1.54, 1.807) is 18.2 Å². The van der Waals surface area contributed by atoms with Gasteiger partial charge in [0, 0.05) is 37.2 Å². The number of nitrogens with zero attached hydrogens (tertiary/aromatic N) is 2. The molecule has 2 N–H and O–H groups in total. The van der Waals surface area contributed by atoms with Gasteiger partial charge in [-0.2, -0.15) is 0 Å². The molecule has 0 aliphatic carbocycles. The predicted octanol–water partition coefficient (Wildman–Crippen LogP) is 0.146. The molecular formula is C17H20N4O3. The molecule has 2 fully saturated rings. The van der Waals surface area contributed by atoms with E-state index in [9.17, 15) is 14.4 Å². The molecule has 3 aliphatic heterocycles. The van der Waals surface area contributed by atoms with Crippen molar-refractivity contribution in [2.24, 2.45) is 5.41 Å². The number of carbonyl (C=O) groups excluding carboxylic acids is 3. The van der Waals surface area contributed by atoms with Crippen molar-refractivity contribution < 1.29 is 14.4 Å². The van der Waals surface area contributed by atoms with Crippen LogP contribution >= 0.6 is 0 Å². The van der Waals surface area contributed by atoms with E-state index < -0.39 is 0 Å². The summed E-state index contributed by atoms with van der Waals surface area (Å²) in [5.41, 5.74) is 1.55.